The zero-order valence-electron chi connectivity index (χ0n) is 6.13. The maximum absolute atomic E-state index is 5.37. The molecule has 0 unspecified atom stereocenters. The van der Waals surface area contributed by atoms with Crippen LogP contribution in [0.2, 0.25) is 0 Å². The van der Waals surface area contributed by atoms with Gasteiger partial charge in [0.05, 0.1) is 0 Å². The van der Waals surface area contributed by atoms with Crippen molar-refractivity contribution in [3.63, 3.8) is 0 Å². The standard InChI is InChI=1S/C10H8O/c1-2-7-10-9(5-1)6-3-4-8-11-10/h1-2,5,7H,6,8H2. The van der Waals surface area contributed by atoms with Gasteiger partial charge in [-0.25, -0.2) is 0 Å². The molecule has 0 radical (unpaired) electrons. The first-order valence-corrected chi connectivity index (χ1v) is 3.63. The van der Waals surface area contributed by atoms with Crippen LogP contribution in [-0.4, -0.2) is 6.61 Å². The summed E-state index contributed by atoms with van der Waals surface area (Å²) in [4.78, 5) is 0. The molecule has 1 aromatic rings. The van der Waals surface area contributed by atoms with Gasteiger partial charge in [-0.05, 0) is 6.07 Å². The maximum Gasteiger partial charge on any atom is 0.149 e. The van der Waals surface area contributed by atoms with Crippen molar-refractivity contribution < 1.29 is 4.74 Å². The molecule has 0 fully saturated rings. The third kappa shape index (κ3) is 1.20. The van der Waals surface area contributed by atoms with Crippen molar-refractivity contribution in [1.82, 2.24) is 0 Å². The van der Waals surface area contributed by atoms with Crippen LogP contribution in [0.1, 0.15) is 5.56 Å². The number of hydrogen-bond donors (Lipinski definition) is 0. The van der Waals surface area contributed by atoms with Crippen LogP contribution in [0.3, 0.4) is 0 Å². The van der Waals surface area contributed by atoms with Crippen LogP contribution in [0, 0.1) is 11.8 Å². The van der Waals surface area contributed by atoms with E-state index in [9.17, 15) is 0 Å². The van der Waals surface area contributed by atoms with E-state index in [1.807, 2.05) is 18.2 Å². The first-order valence-electron chi connectivity index (χ1n) is 3.63. The summed E-state index contributed by atoms with van der Waals surface area (Å²) in [5.74, 6) is 6.91. The van der Waals surface area contributed by atoms with Crippen molar-refractivity contribution >= 4 is 0 Å². The summed E-state index contributed by atoms with van der Waals surface area (Å²) < 4.78 is 5.37. The summed E-state index contributed by atoms with van der Waals surface area (Å²) in [5, 5.41) is 0. The predicted octanol–water partition coefficient (Wildman–Crippen LogP) is 1.62. The van der Waals surface area contributed by atoms with Crippen molar-refractivity contribution in [3.8, 4) is 17.6 Å². The van der Waals surface area contributed by atoms with E-state index in [1.54, 1.807) is 0 Å². The van der Waals surface area contributed by atoms with Crippen LogP contribution >= 0.6 is 0 Å². The fourth-order valence-corrected chi connectivity index (χ4v) is 1.11. The van der Waals surface area contributed by atoms with Crippen molar-refractivity contribution in [3.05, 3.63) is 29.8 Å². The van der Waals surface area contributed by atoms with E-state index >= 15 is 0 Å². The zero-order valence-corrected chi connectivity index (χ0v) is 6.13. The molecule has 0 amide bonds. The third-order valence-corrected chi connectivity index (χ3v) is 1.68. The number of fused-ring (bicyclic) bond motifs is 1. The van der Waals surface area contributed by atoms with E-state index in [0.717, 1.165) is 12.2 Å². The number of para-hydroxylation sites is 1. The molecule has 1 nitrogen and oxygen atoms in total. The Morgan fingerprint density at radius 2 is 2.09 bits per heavy atom. The molecule has 0 saturated carbocycles. The maximum atomic E-state index is 5.37. The van der Waals surface area contributed by atoms with Crippen molar-refractivity contribution in [2.24, 2.45) is 0 Å². The minimum Gasteiger partial charge on any atom is -0.481 e. The van der Waals surface area contributed by atoms with Gasteiger partial charge in [0.15, 0.2) is 0 Å². The van der Waals surface area contributed by atoms with Crippen LogP contribution in [0.5, 0.6) is 5.75 Å². The van der Waals surface area contributed by atoms with Crippen molar-refractivity contribution in [2.75, 3.05) is 6.61 Å². The largest absolute Gasteiger partial charge is 0.481 e. The summed E-state index contributed by atoms with van der Waals surface area (Å²) in [7, 11) is 0. The molecule has 11 heavy (non-hydrogen) atoms. The summed E-state index contributed by atoms with van der Waals surface area (Å²) in [6.45, 7) is 0.525. The Labute approximate surface area is 66.0 Å². The summed E-state index contributed by atoms with van der Waals surface area (Å²) in [6.07, 6.45) is 0.816. The second kappa shape index (κ2) is 2.67. The van der Waals surface area contributed by atoms with Gasteiger partial charge in [-0.15, -0.1) is 0 Å². The topological polar surface area (TPSA) is 9.23 Å². The fraction of sp³-hybridized carbons (Fsp3) is 0.200. The van der Waals surface area contributed by atoms with Gasteiger partial charge >= 0.3 is 0 Å². The van der Waals surface area contributed by atoms with Gasteiger partial charge in [0, 0.05) is 12.0 Å². The second-order valence-electron chi connectivity index (χ2n) is 2.43. The zero-order chi connectivity index (χ0) is 7.52. The summed E-state index contributed by atoms with van der Waals surface area (Å²) in [5.41, 5.74) is 1.19. The van der Waals surface area contributed by atoms with E-state index in [1.165, 1.54) is 5.56 Å². The van der Waals surface area contributed by atoms with Crippen molar-refractivity contribution in [1.29, 1.82) is 0 Å². The highest BCUT2D eigenvalue weighted by atomic mass is 16.5. The molecule has 1 heterocycles. The molecule has 2 rings (SSSR count). The van der Waals surface area contributed by atoms with E-state index in [0.29, 0.717) is 6.61 Å². The Hall–Kier alpha value is -1.42. The molecule has 0 spiro atoms. The third-order valence-electron chi connectivity index (χ3n) is 1.68. The Morgan fingerprint density at radius 3 is 3.09 bits per heavy atom. The van der Waals surface area contributed by atoms with Gasteiger partial charge in [0.1, 0.15) is 12.4 Å². The van der Waals surface area contributed by atoms with Crippen LogP contribution in [0.15, 0.2) is 24.3 Å². The molecule has 0 saturated heterocycles. The molecule has 0 atom stereocenters. The molecule has 54 valence electrons. The molecule has 1 aliphatic rings. The van der Waals surface area contributed by atoms with Gasteiger partial charge in [-0.1, -0.05) is 30.0 Å². The molecular weight excluding hydrogens is 136 g/mol. The SMILES string of the molecule is C1#CCc2ccccc2OC1. The highest BCUT2D eigenvalue weighted by Crippen LogP contribution is 2.18. The van der Waals surface area contributed by atoms with Crippen molar-refractivity contribution in [2.45, 2.75) is 6.42 Å². The molecule has 0 aromatic heterocycles. The predicted molar refractivity (Wildman–Crippen MR) is 43.4 cm³/mol. The highest BCUT2D eigenvalue weighted by Gasteiger charge is 2.01. The number of rotatable bonds is 0. The molecule has 1 aliphatic heterocycles. The molecule has 0 aliphatic carbocycles. The van der Waals surface area contributed by atoms with Gasteiger partial charge in [0.25, 0.3) is 0 Å². The van der Waals surface area contributed by atoms with Crippen LogP contribution < -0.4 is 4.74 Å². The molecule has 0 bridgehead atoms. The Balaban J connectivity index is 2.42. The Kier molecular flexibility index (Phi) is 1.53. The first-order chi connectivity index (χ1) is 5.47. The van der Waals surface area contributed by atoms with E-state index in [4.69, 9.17) is 4.74 Å². The lowest BCUT2D eigenvalue weighted by Gasteiger charge is -2.03. The average Bonchev–Trinajstić information content (AvgIpc) is 2.28. The summed E-state index contributed by atoms with van der Waals surface area (Å²) >= 11 is 0. The smallest absolute Gasteiger partial charge is 0.149 e. The Morgan fingerprint density at radius 1 is 1.18 bits per heavy atom. The van der Waals surface area contributed by atoms with Crippen LogP contribution in [0.25, 0.3) is 0 Å². The number of ether oxygens (including phenoxy) is 1. The van der Waals surface area contributed by atoms with Gasteiger partial charge in [-0.2, -0.15) is 0 Å². The monoisotopic (exact) mass is 144 g/mol. The molecule has 0 N–H and O–H groups in total. The normalized spacial score (nSPS) is 13.5. The Bertz CT molecular complexity index is 317. The van der Waals surface area contributed by atoms with Gasteiger partial charge in [0.2, 0.25) is 0 Å². The average molecular weight is 144 g/mol. The quantitative estimate of drug-likeness (QED) is 0.503. The second-order valence-corrected chi connectivity index (χ2v) is 2.43. The number of hydrogen-bond acceptors (Lipinski definition) is 1. The number of benzene rings is 1. The van der Waals surface area contributed by atoms with E-state index in [2.05, 4.69) is 17.9 Å². The van der Waals surface area contributed by atoms with Crippen LogP contribution in [0.4, 0.5) is 0 Å². The van der Waals surface area contributed by atoms with Crippen LogP contribution in [-0.2, 0) is 6.42 Å². The van der Waals surface area contributed by atoms with Gasteiger partial charge in [-0.3, -0.25) is 0 Å². The first kappa shape index (κ1) is 6.30. The summed E-state index contributed by atoms with van der Waals surface area (Å²) in [6, 6.07) is 8.01. The molecule has 1 aromatic carbocycles. The van der Waals surface area contributed by atoms with E-state index in [-0.39, 0.29) is 0 Å². The molecular formula is C10H8O. The highest BCUT2D eigenvalue weighted by molar-refractivity contribution is 5.37. The molecule has 1 heteroatoms. The van der Waals surface area contributed by atoms with Gasteiger partial charge < -0.3 is 4.74 Å². The minimum absolute atomic E-state index is 0.525. The lowest BCUT2D eigenvalue weighted by atomic mass is 10.1. The lowest BCUT2D eigenvalue weighted by Crippen LogP contribution is -1.93. The lowest BCUT2D eigenvalue weighted by molar-refractivity contribution is 0.369. The minimum atomic E-state index is 0.525. The fourth-order valence-electron chi connectivity index (χ4n) is 1.11. The van der Waals surface area contributed by atoms with E-state index < -0.39 is 0 Å².